The Labute approximate surface area is 151 Å². The van der Waals surface area contributed by atoms with E-state index in [-0.39, 0.29) is 16.6 Å². The van der Waals surface area contributed by atoms with Gasteiger partial charge in [0.05, 0.1) is 0 Å². The van der Waals surface area contributed by atoms with E-state index in [0.29, 0.717) is 24.2 Å². The lowest BCUT2D eigenvalue weighted by Crippen LogP contribution is -2.23. The first-order chi connectivity index (χ1) is 12.5. The van der Waals surface area contributed by atoms with Crippen molar-refractivity contribution in [3.8, 4) is 5.75 Å². The summed E-state index contributed by atoms with van der Waals surface area (Å²) in [7, 11) is -4.00. The fraction of sp³-hybridized carbons (Fsp3) is 0.158. The number of para-hydroxylation sites is 1. The lowest BCUT2D eigenvalue weighted by atomic mass is 10.2. The number of nitrogens with zero attached hydrogens (tertiary/aromatic N) is 2. The highest BCUT2D eigenvalue weighted by molar-refractivity contribution is 7.87. The van der Waals surface area contributed by atoms with E-state index >= 15 is 0 Å². The number of aromatic nitrogens is 1. The fourth-order valence-corrected chi connectivity index (χ4v) is 3.96. The van der Waals surface area contributed by atoms with Crippen LogP contribution in [0.5, 0.6) is 5.75 Å². The minimum absolute atomic E-state index is 0.0285. The number of carbonyl (C=O) groups is 1. The van der Waals surface area contributed by atoms with E-state index < -0.39 is 10.1 Å². The molecule has 0 aliphatic carbocycles. The van der Waals surface area contributed by atoms with Gasteiger partial charge in [0.25, 0.3) is 0 Å². The van der Waals surface area contributed by atoms with Gasteiger partial charge in [0, 0.05) is 30.2 Å². The SMILES string of the molecule is O=C1CCCN1c1ccc(S(=O)(=O)Oc2cccc3cccnc23)cc1. The first kappa shape index (κ1) is 16.5. The third kappa shape index (κ3) is 3.01. The molecule has 0 atom stereocenters. The number of hydrogen-bond acceptors (Lipinski definition) is 5. The Bertz CT molecular complexity index is 1070. The van der Waals surface area contributed by atoms with Crippen molar-refractivity contribution in [2.75, 3.05) is 11.4 Å². The van der Waals surface area contributed by atoms with Gasteiger partial charge in [-0.05, 0) is 42.8 Å². The van der Waals surface area contributed by atoms with Crippen LogP contribution in [0.1, 0.15) is 12.8 Å². The third-order valence-electron chi connectivity index (χ3n) is 4.31. The largest absolute Gasteiger partial charge is 0.377 e. The molecule has 1 aliphatic heterocycles. The Hall–Kier alpha value is -2.93. The smallest absolute Gasteiger partial charge is 0.339 e. The summed E-state index contributed by atoms with van der Waals surface area (Å²) in [5, 5.41) is 0.795. The zero-order valence-electron chi connectivity index (χ0n) is 13.8. The summed E-state index contributed by atoms with van der Waals surface area (Å²) in [6, 6.07) is 14.9. The van der Waals surface area contributed by atoms with Gasteiger partial charge >= 0.3 is 10.1 Å². The second-order valence-electron chi connectivity index (χ2n) is 6.01. The highest BCUT2D eigenvalue weighted by Crippen LogP contribution is 2.28. The molecule has 0 spiro atoms. The average Bonchev–Trinajstić information content (AvgIpc) is 3.08. The van der Waals surface area contributed by atoms with Crippen LogP contribution < -0.4 is 9.08 Å². The van der Waals surface area contributed by atoms with Crippen LogP contribution in [0.25, 0.3) is 10.9 Å². The predicted octanol–water partition coefficient (Wildman–Crippen LogP) is 3.13. The van der Waals surface area contributed by atoms with Crippen molar-refractivity contribution in [1.29, 1.82) is 0 Å². The van der Waals surface area contributed by atoms with E-state index in [1.807, 2.05) is 12.1 Å². The van der Waals surface area contributed by atoms with Crippen LogP contribution in [-0.4, -0.2) is 25.9 Å². The molecule has 0 N–H and O–H groups in total. The normalized spacial score (nSPS) is 14.8. The molecular weight excluding hydrogens is 352 g/mol. The molecule has 7 heteroatoms. The second kappa shape index (κ2) is 6.42. The molecule has 2 heterocycles. The topological polar surface area (TPSA) is 76.6 Å². The molecule has 1 aliphatic rings. The van der Waals surface area contributed by atoms with Crippen LogP contribution in [0.4, 0.5) is 5.69 Å². The summed E-state index contributed by atoms with van der Waals surface area (Å²) in [6.07, 6.45) is 2.93. The molecule has 1 amide bonds. The van der Waals surface area contributed by atoms with Gasteiger partial charge < -0.3 is 9.08 Å². The first-order valence-corrected chi connectivity index (χ1v) is 9.64. The number of rotatable bonds is 4. The van der Waals surface area contributed by atoms with E-state index in [4.69, 9.17) is 4.18 Å². The van der Waals surface area contributed by atoms with E-state index in [2.05, 4.69) is 4.98 Å². The minimum Gasteiger partial charge on any atom is -0.377 e. The fourth-order valence-electron chi connectivity index (χ4n) is 3.02. The number of anilines is 1. The van der Waals surface area contributed by atoms with Gasteiger partial charge in [0.2, 0.25) is 5.91 Å². The van der Waals surface area contributed by atoms with Crippen LogP contribution in [-0.2, 0) is 14.9 Å². The summed E-state index contributed by atoms with van der Waals surface area (Å²) in [6.45, 7) is 0.656. The Morgan fingerprint density at radius 3 is 2.50 bits per heavy atom. The monoisotopic (exact) mass is 368 g/mol. The molecule has 0 saturated carbocycles. The summed E-state index contributed by atoms with van der Waals surface area (Å²) in [5.74, 6) is 0.237. The van der Waals surface area contributed by atoms with Gasteiger partial charge in [0.15, 0.2) is 5.75 Å². The van der Waals surface area contributed by atoms with E-state index in [0.717, 1.165) is 11.8 Å². The average molecular weight is 368 g/mol. The van der Waals surface area contributed by atoms with Gasteiger partial charge in [-0.15, -0.1) is 0 Å². The van der Waals surface area contributed by atoms with Gasteiger partial charge in [-0.3, -0.25) is 9.78 Å². The summed E-state index contributed by atoms with van der Waals surface area (Å²) >= 11 is 0. The number of hydrogen-bond donors (Lipinski definition) is 0. The molecule has 1 saturated heterocycles. The molecule has 2 aromatic carbocycles. The van der Waals surface area contributed by atoms with Crippen molar-refractivity contribution >= 4 is 32.6 Å². The summed E-state index contributed by atoms with van der Waals surface area (Å²) in [4.78, 5) is 17.7. The Kier molecular flexibility index (Phi) is 4.08. The quantitative estimate of drug-likeness (QED) is 0.661. The van der Waals surface area contributed by atoms with Crippen LogP contribution in [0, 0.1) is 0 Å². The minimum atomic E-state index is -4.00. The second-order valence-corrected chi connectivity index (χ2v) is 7.56. The molecule has 0 radical (unpaired) electrons. The molecular formula is C19H16N2O4S. The number of pyridine rings is 1. The molecule has 1 fully saturated rings. The predicted molar refractivity (Wildman–Crippen MR) is 97.6 cm³/mol. The van der Waals surface area contributed by atoms with Crippen LogP contribution in [0.15, 0.2) is 65.7 Å². The first-order valence-electron chi connectivity index (χ1n) is 8.23. The zero-order chi connectivity index (χ0) is 18.1. The Morgan fingerprint density at radius 2 is 1.77 bits per heavy atom. The number of fused-ring (bicyclic) bond motifs is 1. The van der Waals surface area contributed by atoms with Crippen LogP contribution in [0.3, 0.4) is 0 Å². The molecule has 1 aromatic heterocycles. The standard InChI is InChI=1S/C19H16N2O4S/c22-18-7-3-13-21(18)15-8-10-16(11-9-15)26(23,24)25-17-6-1-4-14-5-2-12-20-19(14)17/h1-2,4-6,8-12H,3,7,13H2. The van der Waals surface area contributed by atoms with Gasteiger partial charge in [-0.2, -0.15) is 8.42 Å². The molecule has 26 heavy (non-hydrogen) atoms. The van der Waals surface area contributed by atoms with E-state index in [1.165, 1.54) is 12.1 Å². The molecule has 0 unspecified atom stereocenters. The van der Waals surface area contributed by atoms with Crippen molar-refractivity contribution in [3.63, 3.8) is 0 Å². The lowest BCUT2D eigenvalue weighted by Gasteiger charge is -2.16. The number of amides is 1. The van der Waals surface area contributed by atoms with Crippen molar-refractivity contribution in [1.82, 2.24) is 4.98 Å². The molecule has 132 valence electrons. The maximum absolute atomic E-state index is 12.6. The lowest BCUT2D eigenvalue weighted by molar-refractivity contribution is -0.117. The zero-order valence-corrected chi connectivity index (χ0v) is 14.6. The highest BCUT2D eigenvalue weighted by atomic mass is 32.2. The highest BCUT2D eigenvalue weighted by Gasteiger charge is 2.23. The van der Waals surface area contributed by atoms with Gasteiger partial charge in [-0.1, -0.05) is 18.2 Å². The summed E-state index contributed by atoms with van der Waals surface area (Å²) in [5.41, 5.74) is 1.18. The molecule has 6 nitrogen and oxygen atoms in total. The molecule has 0 bridgehead atoms. The Balaban J connectivity index is 1.63. The molecule has 4 rings (SSSR count). The maximum Gasteiger partial charge on any atom is 0.339 e. The van der Waals surface area contributed by atoms with E-state index in [1.54, 1.807) is 41.4 Å². The van der Waals surface area contributed by atoms with Gasteiger partial charge in [-0.25, -0.2) is 0 Å². The molecule has 3 aromatic rings. The van der Waals surface area contributed by atoms with Crippen molar-refractivity contribution in [3.05, 3.63) is 60.8 Å². The Morgan fingerprint density at radius 1 is 1.00 bits per heavy atom. The van der Waals surface area contributed by atoms with Crippen LogP contribution >= 0.6 is 0 Å². The number of benzene rings is 2. The maximum atomic E-state index is 12.6. The van der Waals surface area contributed by atoms with Crippen molar-refractivity contribution in [2.24, 2.45) is 0 Å². The number of carbonyl (C=O) groups excluding carboxylic acids is 1. The summed E-state index contributed by atoms with van der Waals surface area (Å²) < 4.78 is 30.5. The third-order valence-corrected chi connectivity index (χ3v) is 5.55. The van der Waals surface area contributed by atoms with E-state index in [9.17, 15) is 13.2 Å². The van der Waals surface area contributed by atoms with Crippen LogP contribution in [0.2, 0.25) is 0 Å². The van der Waals surface area contributed by atoms with Gasteiger partial charge in [0.1, 0.15) is 10.4 Å². The van der Waals surface area contributed by atoms with Crippen molar-refractivity contribution < 1.29 is 17.4 Å². The van der Waals surface area contributed by atoms with Crippen molar-refractivity contribution in [2.45, 2.75) is 17.7 Å².